The minimum atomic E-state index is -0.0186. The molecule has 1 atom stereocenters. The van der Waals surface area contributed by atoms with Gasteiger partial charge in [-0.1, -0.05) is 6.92 Å². The van der Waals surface area contributed by atoms with Crippen LogP contribution in [0.1, 0.15) is 42.3 Å². The van der Waals surface area contributed by atoms with Crippen molar-refractivity contribution in [2.24, 2.45) is 5.41 Å². The van der Waals surface area contributed by atoms with Gasteiger partial charge in [-0.3, -0.25) is 0 Å². The molecule has 1 aromatic heterocycles. The van der Waals surface area contributed by atoms with Crippen LogP contribution in [-0.4, -0.2) is 25.2 Å². The summed E-state index contributed by atoms with van der Waals surface area (Å²) < 4.78 is 5.16. The van der Waals surface area contributed by atoms with Gasteiger partial charge in [-0.2, -0.15) is 0 Å². The number of nitrogens with zero attached hydrogens (tertiary/aromatic N) is 1. The van der Waals surface area contributed by atoms with Crippen LogP contribution in [0.4, 0.5) is 0 Å². The van der Waals surface area contributed by atoms with E-state index in [9.17, 15) is 0 Å². The average Bonchev–Trinajstić information content (AvgIpc) is 2.99. The zero-order valence-corrected chi connectivity index (χ0v) is 12.9. The van der Waals surface area contributed by atoms with Crippen molar-refractivity contribution in [2.75, 3.05) is 20.3 Å². The van der Waals surface area contributed by atoms with Gasteiger partial charge in [0, 0.05) is 18.5 Å². The van der Waals surface area contributed by atoms with E-state index in [0.29, 0.717) is 5.41 Å². The molecule has 0 aliphatic heterocycles. The predicted octanol–water partition coefficient (Wildman–Crippen LogP) is 3.01. The molecule has 0 amide bonds. The van der Waals surface area contributed by atoms with E-state index in [1.54, 1.807) is 7.11 Å². The Labute approximate surface area is 114 Å². The minimum Gasteiger partial charge on any atom is -0.383 e. The van der Waals surface area contributed by atoms with Gasteiger partial charge in [0.15, 0.2) is 0 Å². The lowest BCUT2D eigenvalue weighted by molar-refractivity contribution is 0.162. The van der Waals surface area contributed by atoms with Crippen LogP contribution in [0.5, 0.6) is 0 Å². The highest BCUT2D eigenvalue weighted by Crippen LogP contribution is 2.58. The average molecular weight is 268 g/mol. The molecule has 0 saturated heterocycles. The quantitative estimate of drug-likeness (QED) is 0.805. The first kappa shape index (κ1) is 14.0. The van der Waals surface area contributed by atoms with Gasteiger partial charge in [0.25, 0.3) is 0 Å². The fourth-order valence-electron chi connectivity index (χ4n) is 2.32. The molecule has 0 bridgehead atoms. The van der Waals surface area contributed by atoms with Crippen LogP contribution in [0, 0.1) is 19.3 Å². The first-order valence-electron chi connectivity index (χ1n) is 6.61. The van der Waals surface area contributed by atoms with Crippen LogP contribution in [0.15, 0.2) is 0 Å². The van der Waals surface area contributed by atoms with Gasteiger partial charge in [-0.15, -0.1) is 11.3 Å². The van der Waals surface area contributed by atoms with Crippen LogP contribution < -0.4 is 5.32 Å². The molecule has 1 aromatic rings. The molecular weight excluding hydrogens is 244 g/mol. The van der Waals surface area contributed by atoms with E-state index < -0.39 is 0 Å². The molecule has 1 unspecified atom stereocenters. The molecule has 1 aliphatic carbocycles. The van der Waals surface area contributed by atoms with Gasteiger partial charge in [-0.05, 0) is 39.0 Å². The second-order valence-electron chi connectivity index (χ2n) is 5.77. The Balaban J connectivity index is 2.24. The Bertz CT molecular complexity index is 406. The summed E-state index contributed by atoms with van der Waals surface area (Å²) in [7, 11) is 1.75. The Morgan fingerprint density at radius 3 is 2.56 bits per heavy atom. The lowest BCUT2D eigenvalue weighted by atomic mass is 9.84. The van der Waals surface area contributed by atoms with E-state index in [1.165, 1.54) is 28.4 Å². The van der Waals surface area contributed by atoms with E-state index in [4.69, 9.17) is 9.72 Å². The molecule has 102 valence electrons. The largest absolute Gasteiger partial charge is 0.383 e. The Morgan fingerprint density at radius 1 is 1.44 bits per heavy atom. The van der Waals surface area contributed by atoms with Crippen LogP contribution >= 0.6 is 11.3 Å². The van der Waals surface area contributed by atoms with Gasteiger partial charge in [-0.25, -0.2) is 4.98 Å². The molecule has 0 aromatic carbocycles. The third-order valence-corrected chi connectivity index (χ3v) is 5.74. The van der Waals surface area contributed by atoms with E-state index in [1.807, 2.05) is 11.3 Å². The van der Waals surface area contributed by atoms with Crippen molar-refractivity contribution >= 4 is 11.3 Å². The summed E-state index contributed by atoms with van der Waals surface area (Å²) in [6.45, 7) is 10.5. The van der Waals surface area contributed by atoms with Gasteiger partial charge in [0.1, 0.15) is 5.01 Å². The highest BCUT2D eigenvalue weighted by molar-refractivity contribution is 7.11. The summed E-state index contributed by atoms with van der Waals surface area (Å²) in [5.74, 6) is 0. The fraction of sp³-hybridized carbons (Fsp3) is 0.786. The molecular formula is C14H24N2OS. The molecule has 0 spiro atoms. The summed E-state index contributed by atoms with van der Waals surface area (Å²) in [6.07, 6.45) is 2.56. The standard InChI is InChI=1S/C14H24N2OS/c1-10-11(2)18-12(16-10)14(4,13(3)6-7-13)15-8-9-17-5/h15H,6-9H2,1-5H3. The highest BCUT2D eigenvalue weighted by Gasteiger charge is 2.55. The first-order chi connectivity index (χ1) is 8.43. The number of hydrogen-bond acceptors (Lipinski definition) is 4. The SMILES string of the molecule is COCCNC(C)(c1nc(C)c(C)s1)C1(C)CC1. The predicted molar refractivity (Wildman–Crippen MR) is 76.2 cm³/mol. The molecule has 0 radical (unpaired) electrons. The van der Waals surface area contributed by atoms with Crippen LogP contribution in [0.25, 0.3) is 0 Å². The number of aryl methyl sites for hydroxylation is 2. The van der Waals surface area contributed by atoms with Gasteiger partial charge in [0.05, 0.1) is 17.8 Å². The summed E-state index contributed by atoms with van der Waals surface area (Å²) in [5, 5.41) is 4.91. The summed E-state index contributed by atoms with van der Waals surface area (Å²) >= 11 is 1.83. The minimum absolute atomic E-state index is 0.0186. The van der Waals surface area contributed by atoms with E-state index in [0.717, 1.165) is 13.2 Å². The van der Waals surface area contributed by atoms with Crippen LogP contribution in [0.2, 0.25) is 0 Å². The lowest BCUT2D eigenvalue weighted by Crippen LogP contribution is -2.47. The fourth-order valence-corrected chi connectivity index (χ4v) is 3.51. The highest BCUT2D eigenvalue weighted by atomic mass is 32.1. The molecule has 18 heavy (non-hydrogen) atoms. The van der Waals surface area contributed by atoms with E-state index in [-0.39, 0.29) is 5.54 Å². The number of aromatic nitrogens is 1. The van der Waals surface area contributed by atoms with Gasteiger partial charge < -0.3 is 10.1 Å². The second kappa shape index (κ2) is 4.91. The van der Waals surface area contributed by atoms with Gasteiger partial charge in [0.2, 0.25) is 0 Å². The third kappa shape index (κ3) is 2.33. The molecule has 1 N–H and O–H groups in total. The van der Waals surface area contributed by atoms with Crippen molar-refractivity contribution < 1.29 is 4.74 Å². The van der Waals surface area contributed by atoms with E-state index in [2.05, 4.69) is 33.0 Å². The Morgan fingerprint density at radius 2 is 2.11 bits per heavy atom. The van der Waals surface area contributed by atoms with E-state index >= 15 is 0 Å². The Hall–Kier alpha value is -0.450. The number of thiazole rings is 1. The zero-order valence-electron chi connectivity index (χ0n) is 12.1. The number of methoxy groups -OCH3 is 1. The van der Waals surface area contributed by atoms with Crippen molar-refractivity contribution in [3.8, 4) is 0 Å². The maximum absolute atomic E-state index is 5.16. The normalized spacial score (nSPS) is 20.7. The number of ether oxygens (including phenoxy) is 1. The smallest absolute Gasteiger partial charge is 0.114 e. The van der Waals surface area contributed by atoms with Crippen molar-refractivity contribution in [1.82, 2.24) is 10.3 Å². The maximum Gasteiger partial charge on any atom is 0.114 e. The van der Waals surface area contributed by atoms with Crippen molar-refractivity contribution in [3.05, 3.63) is 15.6 Å². The van der Waals surface area contributed by atoms with Crippen LogP contribution in [0.3, 0.4) is 0 Å². The summed E-state index contributed by atoms with van der Waals surface area (Å²) in [4.78, 5) is 6.11. The molecule has 3 nitrogen and oxygen atoms in total. The number of rotatable bonds is 6. The molecule has 1 saturated carbocycles. The maximum atomic E-state index is 5.16. The monoisotopic (exact) mass is 268 g/mol. The number of nitrogens with one attached hydrogen (secondary N) is 1. The molecule has 4 heteroatoms. The summed E-state index contributed by atoms with van der Waals surface area (Å²) in [6, 6.07) is 0. The number of hydrogen-bond donors (Lipinski definition) is 1. The van der Waals surface area contributed by atoms with Crippen LogP contribution in [-0.2, 0) is 10.3 Å². The van der Waals surface area contributed by atoms with Crippen molar-refractivity contribution in [2.45, 2.75) is 46.1 Å². The lowest BCUT2D eigenvalue weighted by Gasteiger charge is -2.35. The Kier molecular flexibility index (Phi) is 3.81. The zero-order chi connectivity index (χ0) is 13.4. The van der Waals surface area contributed by atoms with Crippen molar-refractivity contribution in [3.63, 3.8) is 0 Å². The first-order valence-corrected chi connectivity index (χ1v) is 7.43. The van der Waals surface area contributed by atoms with Gasteiger partial charge >= 0.3 is 0 Å². The molecule has 1 aliphatic rings. The molecule has 1 heterocycles. The molecule has 1 fully saturated rings. The second-order valence-corrected chi connectivity index (χ2v) is 6.97. The topological polar surface area (TPSA) is 34.1 Å². The third-order valence-electron chi connectivity index (χ3n) is 4.45. The van der Waals surface area contributed by atoms with Crippen molar-refractivity contribution in [1.29, 1.82) is 0 Å². The summed E-state index contributed by atoms with van der Waals surface area (Å²) in [5.41, 5.74) is 1.49. The molecule has 2 rings (SSSR count).